The predicted molar refractivity (Wildman–Crippen MR) is 126 cm³/mol. The highest BCUT2D eigenvalue weighted by atomic mass is 35.5. The number of nitriles is 1. The summed E-state index contributed by atoms with van der Waals surface area (Å²) in [5, 5.41) is 14.7. The Labute approximate surface area is 195 Å². The van der Waals surface area contributed by atoms with Crippen LogP contribution in [0.25, 0.3) is 0 Å². The summed E-state index contributed by atoms with van der Waals surface area (Å²) in [6.07, 6.45) is 0.783. The lowest BCUT2D eigenvalue weighted by Crippen LogP contribution is -2.41. The zero-order chi connectivity index (χ0) is 22.7. The van der Waals surface area contributed by atoms with Crippen LogP contribution in [0.2, 0.25) is 5.02 Å². The Balaban J connectivity index is 1.64. The Morgan fingerprint density at radius 3 is 2.72 bits per heavy atom. The van der Waals surface area contributed by atoms with Crippen molar-refractivity contribution in [1.82, 2.24) is 4.90 Å². The summed E-state index contributed by atoms with van der Waals surface area (Å²) in [5.74, 6) is 1.17. The van der Waals surface area contributed by atoms with Crippen LogP contribution in [0.5, 0.6) is 11.5 Å². The molecule has 0 bridgehead atoms. The number of hydrogen-bond donors (Lipinski definition) is 1. The molecule has 32 heavy (non-hydrogen) atoms. The van der Waals surface area contributed by atoms with Gasteiger partial charge in [0, 0.05) is 16.4 Å². The lowest BCUT2D eigenvalue weighted by atomic mass is 9.91. The third-order valence-electron chi connectivity index (χ3n) is 5.51. The van der Waals surface area contributed by atoms with E-state index in [9.17, 15) is 10.1 Å². The standard InChI is InChI=1S/C24H22ClN3O3S/c1-30-20-10-15-7-8-28(14-23(29)27-19-11-17(25)6-5-16(19)13-26)24(22-4-3-9-32-22)18(15)12-21(20)31-2/h3-6,9-12,24H,7-8,14H2,1-2H3,(H,27,29). The number of halogens is 1. The van der Waals surface area contributed by atoms with Crippen LogP contribution in [0.15, 0.2) is 47.8 Å². The Morgan fingerprint density at radius 1 is 1.25 bits per heavy atom. The van der Waals surface area contributed by atoms with E-state index in [0.29, 0.717) is 34.3 Å². The predicted octanol–water partition coefficient (Wildman–Crippen LogP) is 4.88. The summed E-state index contributed by atoms with van der Waals surface area (Å²) in [5.41, 5.74) is 3.07. The molecule has 0 saturated carbocycles. The molecule has 1 amide bonds. The number of anilines is 1. The van der Waals surface area contributed by atoms with E-state index in [1.807, 2.05) is 23.6 Å². The van der Waals surface area contributed by atoms with Gasteiger partial charge in [0.05, 0.1) is 38.1 Å². The zero-order valence-corrected chi connectivity index (χ0v) is 19.3. The minimum absolute atomic E-state index is 0.0842. The van der Waals surface area contributed by atoms with Crippen molar-refractivity contribution in [2.24, 2.45) is 0 Å². The molecule has 0 spiro atoms. The monoisotopic (exact) mass is 467 g/mol. The van der Waals surface area contributed by atoms with Gasteiger partial charge in [-0.2, -0.15) is 5.26 Å². The van der Waals surface area contributed by atoms with Crippen molar-refractivity contribution in [2.45, 2.75) is 12.5 Å². The number of benzene rings is 2. The van der Waals surface area contributed by atoms with Gasteiger partial charge in [-0.05, 0) is 59.3 Å². The minimum atomic E-state index is -0.200. The Kier molecular flexibility index (Phi) is 6.66. The molecule has 1 aromatic heterocycles. The van der Waals surface area contributed by atoms with Gasteiger partial charge in [-0.25, -0.2) is 0 Å². The molecule has 0 radical (unpaired) electrons. The molecule has 4 rings (SSSR count). The third kappa shape index (κ3) is 4.44. The Bertz CT molecular complexity index is 1170. The number of methoxy groups -OCH3 is 2. The van der Waals surface area contributed by atoms with E-state index in [1.165, 1.54) is 5.56 Å². The second kappa shape index (κ2) is 9.61. The van der Waals surface area contributed by atoms with Gasteiger partial charge in [-0.1, -0.05) is 17.7 Å². The molecule has 0 aliphatic carbocycles. The third-order valence-corrected chi connectivity index (χ3v) is 6.67. The number of carbonyl (C=O) groups is 1. The Morgan fingerprint density at radius 2 is 2.03 bits per heavy atom. The Hall–Kier alpha value is -3.05. The van der Waals surface area contributed by atoms with Crippen molar-refractivity contribution < 1.29 is 14.3 Å². The van der Waals surface area contributed by atoms with Crippen LogP contribution in [0, 0.1) is 11.3 Å². The summed E-state index contributed by atoms with van der Waals surface area (Å²) in [4.78, 5) is 16.3. The van der Waals surface area contributed by atoms with Crippen molar-refractivity contribution in [2.75, 3.05) is 32.6 Å². The van der Waals surface area contributed by atoms with E-state index in [-0.39, 0.29) is 18.5 Å². The fraction of sp³-hybridized carbons (Fsp3) is 0.250. The van der Waals surface area contributed by atoms with E-state index >= 15 is 0 Å². The largest absolute Gasteiger partial charge is 0.493 e. The topological polar surface area (TPSA) is 74.6 Å². The summed E-state index contributed by atoms with van der Waals surface area (Å²) in [6.45, 7) is 0.882. The van der Waals surface area contributed by atoms with Gasteiger partial charge in [0.2, 0.25) is 5.91 Å². The van der Waals surface area contributed by atoms with Gasteiger partial charge < -0.3 is 14.8 Å². The van der Waals surface area contributed by atoms with Crippen molar-refractivity contribution in [3.8, 4) is 17.6 Å². The molecule has 1 N–H and O–H groups in total. The summed E-state index contributed by atoms with van der Waals surface area (Å²) < 4.78 is 11.0. The quantitative estimate of drug-likeness (QED) is 0.559. The van der Waals surface area contributed by atoms with Crippen LogP contribution in [0.1, 0.15) is 27.6 Å². The van der Waals surface area contributed by atoms with Crippen molar-refractivity contribution in [3.63, 3.8) is 0 Å². The first-order chi connectivity index (χ1) is 15.5. The van der Waals surface area contributed by atoms with Gasteiger partial charge in [-0.3, -0.25) is 9.69 Å². The van der Waals surface area contributed by atoms with Gasteiger partial charge in [0.1, 0.15) is 6.07 Å². The maximum absolute atomic E-state index is 13.0. The summed E-state index contributed by atoms with van der Waals surface area (Å²) >= 11 is 7.71. The molecule has 2 heterocycles. The van der Waals surface area contributed by atoms with E-state index in [1.54, 1.807) is 43.8 Å². The molecule has 1 aliphatic rings. The summed E-state index contributed by atoms with van der Waals surface area (Å²) in [6, 6.07) is 15.0. The number of rotatable bonds is 6. The first-order valence-electron chi connectivity index (χ1n) is 10.1. The fourth-order valence-corrected chi connectivity index (χ4v) is 5.09. The number of hydrogen-bond acceptors (Lipinski definition) is 6. The van der Waals surface area contributed by atoms with Crippen LogP contribution in [-0.2, 0) is 11.2 Å². The van der Waals surface area contributed by atoms with Crippen LogP contribution in [0.4, 0.5) is 5.69 Å². The number of ether oxygens (including phenoxy) is 2. The minimum Gasteiger partial charge on any atom is -0.493 e. The van der Waals surface area contributed by atoms with E-state index < -0.39 is 0 Å². The molecular formula is C24H22ClN3O3S. The van der Waals surface area contributed by atoms with E-state index in [4.69, 9.17) is 21.1 Å². The van der Waals surface area contributed by atoms with E-state index in [2.05, 4.69) is 22.4 Å². The molecular weight excluding hydrogens is 446 g/mol. The number of fused-ring (bicyclic) bond motifs is 1. The zero-order valence-electron chi connectivity index (χ0n) is 17.7. The maximum Gasteiger partial charge on any atom is 0.238 e. The van der Waals surface area contributed by atoms with Crippen molar-refractivity contribution in [3.05, 3.63) is 74.4 Å². The fourth-order valence-electron chi connectivity index (χ4n) is 4.04. The second-order valence-corrected chi connectivity index (χ2v) is 8.81. The highest BCUT2D eigenvalue weighted by molar-refractivity contribution is 7.10. The number of carbonyl (C=O) groups excluding carboxylic acids is 1. The lowest BCUT2D eigenvalue weighted by Gasteiger charge is -2.37. The van der Waals surface area contributed by atoms with E-state index in [0.717, 1.165) is 16.9 Å². The normalized spacial score (nSPS) is 15.5. The number of amides is 1. The SMILES string of the molecule is COc1cc2c(cc1OC)C(c1cccs1)N(CC(=O)Nc1cc(Cl)ccc1C#N)CC2. The number of thiophene rings is 1. The molecule has 1 atom stereocenters. The van der Waals surface area contributed by atoms with Gasteiger partial charge >= 0.3 is 0 Å². The second-order valence-electron chi connectivity index (χ2n) is 7.39. The molecule has 1 unspecified atom stereocenters. The average Bonchev–Trinajstić information content (AvgIpc) is 3.32. The molecule has 8 heteroatoms. The van der Waals surface area contributed by atoms with Gasteiger partial charge in [0.25, 0.3) is 0 Å². The van der Waals surface area contributed by atoms with Crippen LogP contribution in [0.3, 0.4) is 0 Å². The molecule has 0 saturated heterocycles. The lowest BCUT2D eigenvalue weighted by molar-refractivity contribution is -0.117. The van der Waals surface area contributed by atoms with Gasteiger partial charge in [0.15, 0.2) is 11.5 Å². The van der Waals surface area contributed by atoms with Crippen LogP contribution >= 0.6 is 22.9 Å². The number of nitrogens with zero attached hydrogens (tertiary/aromatic N) is 2. The molecule has 2 aromatic carbocycles. The highest BCUT2D eigenvalue weighted by Crippen LogP contribution is 2.42. The highest BCUT2D eigenvalue weighted by Gasteiger charge is 2.32. The van der Waals surface area contributed by atoms with Crippen molar-refractivity contribution >= 4 is 34.5 Å². The molecule has 6 nitrogen and oxygen atoms in total. The van der Waals surface area contributed by atoms with Crippen LogP contribution in [-0.4, -0.2) is 38.1 Å². The molecule has 3 aromatic rings. The average molecular weight is 468 g/mol. The first-order valence-corrected chi connectivity index (χ1v) is 11.3. The smallest absolute Gasteiger partial charge is 0.238 e. The first kappa shape index (κ1) is 22.2. The number of nitrogens with one attached hydrogen (secondary N) is 1. The molecule has 1 aliphatic heterocycles. The molecule has 0 fully saturated rings. The van der Waals surface area contributed by atoms with Crippen LogP contribution < -0.4 is 14.8 Å². The van der Waals surface area contributed by atoms with Gasteiger partial charge in [-0.15, -0.1) is 11.3 Å². The summed E-state index contributed by atoms with van der Waals surface area (Å²) in [7, 11) is 3.25. The molecule has 164 valence electrons. The maximum atomic E-state index is 13.0. The van der Waals surface area contributed by atoms with Crippen molar-refractivity contribution in [1.29, 1.82) is 5.26 Å².